The number of amides is 1. The minimum Gasteiger partial charge on any atom is -0.366 e. The Morgan fingerprint density at radius 3 is 2.44 bits per heavy atom. The Labute approximate surface area is 99.1 Å². The first-order chi connectivity index (χ1) is 7.69. The summed E-state index contributed by atoms with van der Waals surface area (Å²) < 4.78 is 0. The zero-order valence-electron chi connectivity index (χ0n) is 10.7. The first-order valence-corrected chi connectivity index (χ1v) is 6.39. The normalized spacial score (nSPS) is 15.2. The van der Waals surface area contributed by atoms with E-state index in [0.717, 1.165) is 51.0 Å². The molecular weight excluding hydrogens is 200 g/mol. The Hall–Kier alpha value is -0.990. The third kappa shape index (κ3) is 3.54. The number of rotatable bonds is 6. The van der Waals surface area contributed by atoms with E-state index in [1.165, 1.54) is 0 Å². The van der Waals surface area contributed by atoms with Gasteiger partial charge in [0.15, 0.2) is 0 Å². The van der Waals surface area contributed by atoms with Crippen LogP contribution in [0.25, 0.3) is 0 Å². The summed E-state index contributed by atoms with van der Waals surface area (Å²) in [7, 11) is 0. The van der Waals surface area contributed by atoms with Crippen LogP contribution in [0.1, 0.15) is 39.5 Å². The maximum Gasteiger partial charge on any atom is 0.242 e. The second kappa shape index (κ2) is 6.56. The largest absolute Gasteiger partial charge is 0.366 e. The van der Waals surface area contributed by atoms with Crippen molar-refractivity contribution < 1.29 is 4.79 Å². The lowest BCUT2D eigenvalue weighted by molar-refractivity contribution is -0.130. The predicted octanol–water partition coefficient (Wildman–Crippen LogP) is 2.24. The molecule has 0 atom stereocenters. The van der Waals surface area contributed by atoms with Crippen molar-refractivity contribution in [3.8, 4) is 0 Å². The predicted molar refractivity (Wildman–Crippen MR) is 67.1 cm³/mol. The van der Waals surface area contributed by atoms with E-state index in [1.54, 1.807) is 0 Å². The Bertz CT molecular complexity index is 244. The quantitative estimate of drug-likeness (QED) is 0.691. The molecule has 0 unspecified atom stereocenters. The second-order valence-corrected chi connectivity index (χ2v) is 4.42. The molecule has 16 heavy (non-hydrogen) atoms. The van der Waals surface area contributed by atoms with E-state index in [1.807, 2.05) is 4.90 Å². The zero-order valence-corrected chi connectivity index (χ0v) is 10.7. The second-order valence-electron chi connectivity index (χ2n) is 4.42. The van der Waals surface area contributed by atoms with Crippen molar-refractivity contribution in [3.63, 3.8) is 0 Å². The Balaban J connectivity index is 2.42. The number of carbonyl (C=O) groups excluding carboxylic acids is 1. The number of nitrogens with zero attached hydrogens (tertiary/aromatic N) is 2. The molecule has 0 aromatic heterocycles. The number of carbonyl (C=O) groups is 1. The molecule has 0 aromatic rings. The molecule has 0 aromatic carbocycles. The van der Waals surface area contributed by atoms with E-state index in [0.29, 0.717) is 6.54 Å². The van der Waals surface area contributed by atoms with Crippen LogP contribution >= 0.6 is 0 Å². The van der Waals surface area contributed by atoms with Crippen LogP contribution in [-0.4, -0.2) is 41.9 Å². The van der Waals surface area contributed by atoms with Gasteiger partial charge in [0.1, 0.15) is 0 Å². The summed E-state index contributed by atoms with van der Waals surface area (Å²) in [6.45, 7) is 11.5. The van der Waals surface area contributed by atoms with Crippen LogP contribution in [0.4, 0.5) is 0 Å². The third-order valence-corrected chi connectivity index (χ3v) is 3.15. The van der Waals surface area contributed by atoms with Crippen molar-refractivity contribution in [2.45, 2.75) is 39.5 Å². The lowest BCUT2D eigenvalue weighted by Crippen LogP contribution is -2.38. The lowest BCUT2D eigenvalue weighted by atomic mass is 10.2. The molecule has 0 aliphatic carbocycles. The van der Waals surface area contributed by atoms with Gasteiger partial charge in [-0.2, -0.15) is 0 Å². The molecule has 1 amide bonds. The minimum atomic E-state index is 0.261. The first kappa shape index (κ1) is 13.1. The molecule has 0 saturated carbocycles. The Morgan fingerprint density at radius 1 is 1.31 bits per heavy atom. The molecule has 92 valence electrons. The van der Waals surface area contributed by atoms with Gasteiger partial charge in [0.25, 0.3) is 0 Å². The van der Waals surface area contributed by atoms with E-state index >= 15 is 0 Å². The van der Waals surface area contributed by atoms with Crippen molar-refractivity contribution in [1.82, 2.24) is 9.80 Å². The van der Waals surface area contributed by atoms with Gasteiger partial charge >= 0.3 is 0 Å². The van der Waals surface area contributed by atoms with Gasteiger partial charge in [0.05, 0.1) is 6.54 Å². The van der Waals surface area contributed by atoms with Gasteiger partial charge in [0.2, 0.25) is 5.91 Å². The summed E-state index contributed by atoms with van der Waals surface area (Å²) in [5.74, 6) is 0.261. The van der Waals surface area contributed by atoms with Gasteiger partial charge in [-0.05, 0) is 26.2 Å². The summed E-state index contributed by atoms with van der Waals surface area (Å²) in [5.41, 5.74) is 1.09. The highest BCUT2D eigenvalue weighted by molar-refractivity contribution is 5.78. The van der Waals surface area contributed by atoms with Crippen LogP contribution in [0.15, 0.2) is 12.3 Å². The van der Waals surface area contributed by atoms with Crippen LogP contribution in [0, 0.1) is 0 Å². The highest BCUT2D eigenvalue weighted by Crippen LogP contribution is 2.12. The van der Waals surface area contributed by atoms with Gasteiger partial charge in [-0.3, -0.25) is 4.79 Å². The van der Waals surface area contributed by atoms with Gasteiger partial charge in [-0.15, -0.1) is 0 Å². The molecule has 1 aliphatic rings. The molecule has 3 heteroatoms. The van der Waals surface area contributed by atoms with Gasteiger partial charge in [-0.1, -0.05) is 19.9 Å². The fourth-order valence-corrected chi connectivity index (χ4v) is 2.12. The first-order valence-electron chi connectivity index (χ1n) is 6.39. The molecule has 1 saturated heterocycles. The van der Waals surface area contributed by atoms with Gasteiger partial charge in [-0.25, -0.2) is 0 Å². The van der Waals surface area contributed by atoms with Crippen LogP contribution in [0.5, 0.6) is 0 Å². The highest BCUT2D eigenvalue weighted by Gasteiger charge is 2.20. The molecule has 0 bridgehead atoms. The summed E-state index contributed by atoms with van der Waals surface area (Å²) in [5, 5.41) is 0. The van der Waals surface area contributed by atoms with Crippen LogP contribution in [-0.2, 0) is 4.79 Å². The average Bonchev–Trinajstić information content (AvgIpc) is 2.79. The molecule has 1 heterocycles. The van der Waals surface area contributed by atoms with Crippen LogP contribution in [0.3, 0.4) is 0 Å². The average molecular weight is 224 g/mol. The number of likely N-dealkylation sites (tertiary alicyclic amines) is 1. The molecular formula is C13H24N2O. The molecule has 0 spiro atoms. The summed E-state index contributed by atoms with van der Waals surface area (Å²) in [6, 6.07) is 0. The molecule has 0 radical (unpaired) electrons. The van der Waals surface area contributed by atoms with Crippen molar-refractivity contribution in [2.75, 3.05) is 26.2 Å². The van der Waals surface area contributed by atoms with Crippen molar-refractivity contribution in [1.29, 1.82) is 0 Å². The molecule has 1 aliphatic heterocycles. The van der Waals surface area contributed by atoms with Crippen molar-refractivity contribution in [3.05, 3.63) is 12.3 Å². The third-order valence-electron chi connectivity index (χ3n) is 3.15. The van der Waals surface area contributed by atoms with E-state index in [9.17, 15) is 4.79 Å². The number of hydrogen-bond acceptors (Lipinski definition) is 2. The van der Waals surface area contributed by atoms with Gasteiger partial charge < -0.3 is 9.80 Å². The SMILES string of the molecule is C=C(CCC)N(CC)CC(=O)N1CCCC1. The summed E-state index contributed by atoms with van der Waals surface area (Å²) in [6.07, 6.45) is 4.40. The Morgan fingerprint density at radius 2 is 1.94 bits per heavy atom. The maximum atomic E-state index is 12.0. The monoisotopic (exact) mass is 224 g/mol. The smallest absolute Gasteiger partial charge is 0.242 e. The Kier molecular flexibility index (Phi) is 5.36. The van der Waals surface area contributed by atoms with E-state index in [-0.39, 0.29) is 5.91 Å². The van der Waals surface area contributed by atoms with Crippen LogP contribution in [0.2, 0.25) is 0 Å². The topological polar surface area (TPSA) is 23.6 Å². The molecule has 1 fully saturated rings. The van der Waals surface area contributed by atoms with E-state index < -0.39 is 0 Å². The molecule has 0 N–H and O–H groups in total. The van der Waals surface area contributed by atoms with Crippen molar-refractivity contribution in [2.24, 2.45) is 0 Å². The molecule has 3 nitrogen and oxygen atoms in total. The zero-order chi connectivity index (χ0) is 12.0. The summed E-state index contributed by atoms with van der Waals surface area (Å²) >= 11 is 0. The standard InChI is InChI=1S/C13H24N2O/c1-4-8-12(3)14(5-2)11-13(16)15-9-6-7-10-15/h3-11H2,1-2H3. The highest BCUT2D eigenvalue weighted by atomic mass is 16.2. The van der Waals surface area contributed by atoms with E-state index in [4.69, 9.17) is 0 Å². The van der Waals surface area contributed by atoms with Crippen LogP contribution < -0.4 is 0 Å². The maximum absolute atomic E-state index is 12.0. The fourth-order valence-electron chi connectivity index (χ4n) is 2.12. The van der Waals surface area contributed by atoms with Crippen molar-refractivity contribution >= 4 is 5.91 Å². The summed E-state index contributed by atoms with van der Waals surface area (Å²) in [4.78, 5) is 16.0. The minimum absolute atomic E-state index is 0.261. The van der Waals surface area contributed by atoms with E-state index in [2.05, 4.69) is 25.3 Å². The lowest BCUT2D eigenvalue weighted by Gasteiger charge is -2.27. The molecule has 1 rings (SSSR count). The fraction of sp³-hybridized carbons (Fsp3) is 0.769. The van der Waals surface area contributed by atoms with Gasteiger partial charge in [0, 0.05) is 25.3 Å². The number of hydrogen-bond donors (Lipinski definition) is 0. The number of likely N-dealkylation sites (N-methyl/N-ethyl adjacent to an activating group) is 1. The number of allylic oxidation sites excluding steroid dienone is 1.